The highest BCUT2D eigenvalue weighted by Gasteiger charge is 2.74. The highest BCUT2D eigenvalue weighted by molar-refractivity contribution is 8.02. The van der Waals surface area contributed by atoms with Crippen LogP contribution in [0.2, 0.25) is 0 Å². The van der Waals surface area contributed by atoms with Gasteiger partial charge >= 0.3 is 5.97 Å². The number of carbonyl (C=O) groups is 3. The lowest BCUT2D eigenvalue weighted by molar-refractivity contribution is -0.154. The highest BCUT2D eigenvalue weighted by atomic mass is 32.2. The SMILES string of the molecule is C=CCCCCOC(=O)[C@@H]1[C@@H]2CCC3(S2)C(C(=O)N(CC=C)C(C)C)N(CCCCO)C(=O)[C@H]13. The van der Waals surface area contributed by atoms with Gasteiger partial charge in [-0.1, -0.05) is 12.2 Å². The van der Waals surface area contributed by atoms with Crippen LogP contribution >= 0.6 is 11.8 Å². The molecule has 2 bridgehead atoms. The number of hydrogen-bond acceptors (Lipinski definition) is 6. The Morgan fingerprint density at radius 3 is 2.68 bits per heavy atom. The van der Waals surface area contributed by atoms with Gasteiger partial charge in [0, 0.05) is 31.0 Å². The molecule has 0 radical (unpaired) electrons. The van der Waals surface area contributed by atoms with E-state index in [-0.39, 0.29) is 35.7 Å². The summed E-state index contributed by atoms with van der Waals surface area (Å²) in [5.74, 6) is -1.51. The Balaban J connectivity index is 1.87. The van der Waals surface area contributed by atoms with Crippen LogP contribution in [-0.2, 0) is 19.1 Å². The van der Waals surface area contributed by atoms with Crippen molar-refractivity contribution in [3.05, 3.63) is 25.3 Å². The summed E-state index contributed by atoms with van der Waals surface area (Å²) in [5.41, 5.74) is 0. The van der Waals surface area contributed by atoms with E-state index in [0.29, 0.717) is 32.5 Å². The van der Waals surface area contributed by atoms with Crippen molar-refractivity contribution in [2.45, 2.75) is 80.9 Å². The average molecular weight is 493 g/mol. The molecule has 3 aliphatic heterocycles. The van der Waals surface area contributed by atoms with Gasteiger partial charge in [-0.05, 0) is 58.8 Å². The topological polar surface area (TPSA) is 87.2 Å². The van der Waals surface area contributed by atoms with E-state index < -0.39 is 22.6 Å². The summed E-state index contributed by atoms with van der Waals surface area (Å²) < 4.78 is 5.03. The summed E-state index contributed by atoms with van der Waals surface area (Å²) in [6, 6.07) is -0.637. The van der Waals surface area contributed by atoms with Crippen molar-refractivity contribution < 1.29 is 24.2 Å². The first-order valence-corrected chi connectivity index (χ1v) is 13.5. The molecular formula is C26H40N2O5S. The van der Waals surface area contributed by atoms with Gasteiger partial charge < -0.3 is 19.6 Å². The summed E-state index contributed by atoms with van der Waals surface area (Å²) >= 11 is 1.66. The maximum atomic E-state index is 13.9. The zero-order valence-electron chi connectivity index (χ0n) is 20.6. The summed E-state index contributed by atoms with van der Waals surface area (Å²) in [7, 11) is 0. The van der Waals surface area contributed by atoms with Crippen molar-refractivity contribution in [3.63, 3.8) is 0 Å². The molecule has 190 valence electrons. The second-order valence-corrected chi connectivity index (χ2v) is 11.4. The second-order valence-electron chi connectivity index (χ2n) is 9.84. The first kappa shape index (κ1) is 26.8. The van der Waals surface area contributed by atoms with Crippen LogP contribution in [-0.4, -0.2) is 81.1 Å². The number of nitrogens with zero attached hydrogens (tertiary/aromatic N) is 2. The van der Waals surface area contributed by atoms with Crippen LogP contribution in [0.25, 0.3) is 0 Å². The Morgan fingerprint density at radius 1 is 1.26 bits per heavy atom. The first-order chi connectivity index (χ1) is 16.3. The van der Waals surface area contributed by atoms with Crippen LogP contribution in [0.1, 0.15) is 58.8 Å². The first-order valence-electron chi connectivity index (χ1n) is 12.6. The Kier molecular flexibility index (Phi) is 9.27. The molecule has 3 heterocycles. The number of aliphatic hydroxyl groups is 1. The van der Waals surface area contributed by atoms with E-state index in [0.717, 1.165) is 32.1 Å². The zero-order chi connectivity index (χ0) is 24.9. The minimum atomic E-state index is -0.605. The van der Waals surface area contributed by atoms with E-state index in [1.807, 2.05) is 19.9 Å². The smallest absolute Gasteiger partial charge is 0.310 e. The molecule has 1 spiro atoms. The third-order valence-corrected chi connectivity index (χ3v) is 9.34. The number of rotatable bonds is 14. The number of fused-ring (bicyclic) bond motifs is 1. The van der Waals surface area contributed by atoms with Crippen LogP contribution in [0, 0.1) is 11.8 Å². The Morgan fingerprint density at radius 2 is 2.03 bits per heavy atom. The largest absolute Gasteiger partial charge is 0.465 e. The molecule has 7 nitrogen and oxygen atoms in total. The van der Waals surface area contributed by atoms with E-state index >= 15 is 0 Å². The summed E-state index contributed by atoms with van der Waals surface area (Å²) in [5, 5.41) is 9.28. The lowest BCUT2D eigenvalue weighted by Crippen LogP contribution is -2.56. The number of esters is 1. The lowest BCUT2D eigenvalue weighted by Gasteiger charge is -2.38. The molecule has 0 saturated carbocycles. The second kappa shape index (κ2) is 11.8. The third kappa shape index (κ3) is 4.94. The molecule has 1 N–H and O–H groups in total. The lowest BCUT2D eigenvalue weighted by atomic mass is 9.71. The van der Waals surface area contributed by atoms with Crippen LogP contribution in [0.15, 0.2) is 25.3 Å². The van der Waals surface area contributed by atoms with Gasteiger partial charge in [-0.25, -0.2) is 0 Å². The number of likely N-dealkylation sites (tertiary alicyclic amines) is 1. The number of ether oxygens (including phenoxy) is 1. The minimum Gasteiger partial charge on any atom is -0.465 e. The Bertz CT molecular complexity index is 787. The number of carbonyl (C=O) groups excluding carboxylic acids is 3. The Labute approximate surface area is 208 Å². The summed E-state index contributed by atoms with van der Waals surface area (Å²) in [6.07, 6.45) is 8.86. The summed E-state index contributed by atoms with van der Waals surface area (Å²) in [4.78, 5) is 44.4. The number of hydrogen-bond donors (Lipinski definition) is 1. The van der Waals surface area contributed by atoms with Crippen LogP contribution in [0.3, 0.4) is 0 Å². The van der Waals surface area contributed by atoms with Crippen LogP contribution in [0.5, 0.6) is 0 Å². The van der Waals surface area contributed by atoms with Gasteiger partial charge in [-0.3, -0.25) is 14.4 Å². The molecule has 3 rings (SSSR count). The molecule has 0 aromatic heterocycles. The normalized spacial score (nSPS) is 29.4. The number of aliphatic hydroxyl groups excluding tert-OH is 1. The van der Waals surface area contributed by atoms with Crippen molar-refractivity contribution in [1.29, 1.82) is 0 Å². The molecule has 0 aromatic carbocycles. The van der Waals surface area contributed by atoms with Gasteiger partial charge in [0.25, 0.3) is 0 Å². The van der Waals surface area contributed by atoms with Crippen molar-refractivity contribution in [2.24, 2.45) is 11.8 Å². The zero-order valence-corrected chi connectivity index (χ0v) is 21.4. The quantitative estimate of drug-likeness (QED) is 0.228. The van der Waals surface area contributed by atoms with E-state index in [9.17, 15) is 19.5 Å². The van der Waals surface area contributed by atoms with Crippen LogP contribution < -0.4 is 0 Å². The fourth-order valence-electron chi connectivity index (χ4n) is 5.85. The van der Waals surface area contributed by atoms with Gasteiger partial charge in [0.2, 0.25) is 11.8 Å². The minimum absolute atomic E-state index is 0.0106. The number of amides is 2. The van der Waals surface area contributed by atoms with Gasteiger partial charge in [0.15, 0.2) is 0 Å². The maximum absolute atomic E-state index is 13.9. The van der Waals surface area contributed by atoms with Crippen molar-refractivity contribution in [1.82, 2.24) is 9.80 Å². The molecule has 3 aliphatic rings. The fourth-order valence-corrected chi connectivity index (χ4v) is 8.05. The van der Waals surface area contributed by atoms with E-state index in [4.69, 9.17) is 4.74 Å². The molecule has 0 aromatic rings. The molecule has 3 saturated heterocycles. The van der Waals surface area contributed by atoms with Gasteiger partial charge in [-0.15, -0.1) is 24.9 Å². The van der Waals surface area contributed by atoms with Gasteiger partial charge in [-0.2, -0.15) is 0 Å². The molecule has 0 aliphatic carbocycles. The Hall–Kier alpha value is -1.80. The monoisotopic (exact) mass is 492 g/mol. The van der Waals surface area contributed by atoms with E-state index in [2.05, 4.69) is 13.2 Å². The van der Waals surface area contributed by atoms with Crippen molar-refractivity contribution in [3.8, 4) is 0 Å². The van der Waals surface area contributed by atoms with Crippen LogP contribution in [0.4, 0.5) is 0 Å². The molecule has 2 unspecified atom stereocenters. The fraction of sp³-hybridized carbons (Fsp3) is 0.731. The van der Waals surface area contributed by atoms with E-state index in [1.54, 1.807) is 27.6 Å². The maximum Gasteiger partial charge on any atom is 0.310 e. The predicted molar refractivity (Wildman–Crippen MR) is 134 cm³/mol. The number of thioether (sulfide) groups is 1. The van der Waals surface area contributed by atoms with Crippen molar-refractivity contribution in [2.75, 3.05) is 26.3 Å². The molecule has 8 heteroatoms. The third-order valence-electron chi connectivity index (χ3n) is 7.39. The van der Waals surface area contributed by atoms with Gasteiger partial charge in [0.1, 0.15) is 6.04 Å². The number of unbranched alkanes of at least 4 members (excludes halogenated alkanes) is 3. The van der Waals surface area contributed by atoms with Gasteiger partial charge in [0.05, 0.1) is 23.2 Å². The molecule has 3 fully saturated rings. The molecule has 2 amide bonds. The van der Waals surface area contributed by atoms with E-state index in [1.165, 1.54) is 0 Å². The number of allylic oxidation sites excluding steroid dienone is 1. The van der Waals surface area contributed by atoms with Crippen molar-refractivity contribution >= 4 is 29.5 Å². The summed E-state index contributed by atoms with van der Waals surface area (Å²) in [6.45, 7) is 12.7. The molecule has 34 heavy (non-hydrogen) atoms. The predicted octanol–water partition coefficient (Wildman–Crippen LogP) is 3.17. The highest BCUT2D eigenvalue weighted by Crippen LogP contribution is 2.66. The molecule has 5 atom stereocenters. The standard InChI is InChI=1S/C26H40N2O5S/c1-5-7-8-11-17-33-25(32)20-19-12-13-26(34-19)21(20)23(30)28(15-9-10-16-29)22(26)24(31)27(14-6-2)18(3)4/h5-6,18-22,29H,1-2,7-17H2,3-4H3/t19-,20+,21-,22?,26?/m0/s1. The average Bonchev–Trinajstić information content (AvgIpc) is 3.44. The molecular weight excluding hydrogens is 452 g/mol.